The maximum Gasteiger partial charge on any atom is 0.248 e. The minimum Gasteiger partial charge on any atom is -0.322 e. The zero-order valence-electron chi connectivity index (χ0n) is 13.2. The quantitative estimate of drug-likeness (QED) is 0.697. The SMILES string of the molecule is CC(=O)c1c(C)cccc1NC(=O)C=Cc1cnn(C)c1C. The van der Waals surface area contributed by atoms with Crippen LogP contribution in [0.25, 0.3) is 6.08 Å². The van der Waals surface area contributed by atoms with E-state index in [0.29, 0.717) is 11.3 Å². The molecule has 0 aliphatic heterocycles. The first kappa shape index (κ1) is 15.7. The number of aromatic nitrogens is 2. The summed E-state index contributed by atoms with van der Waals surface area (Å²) in [6, 6.07) is 5.39. The highest BCUT2D eigenvalue weighted by atomic mass is 16.1. The van der Waals surface area contributed by atoms with Gasteiger partial charge in [-0.15, -0.1) is 0 Å². The molecule has 2 aromatic rings. The topological polar surface area (TPSA) is 64.0 Å². The molecule has 5 nitrogen and oxygen atoms in total. The zero-order valence-corrected chi connectivity index (χ0v) is 13.2. The van der Waals surface area contributed by atoms with E-state index in [4.69, 9.17) is 0 Å². The second-order valence-corrected chi connectivity index (χ2v) is 5.19. The van der Waals surface area contributed by atoms with Gasteiger partial charge in [0.25, 0.3) is 0 Å². The number of ketones is 1. The van der Waals surface area contributed by atoms with E-state index in [1.807, 2.05) is 33.0 Å². The molecule has 1 aromatic heterocycles. The lowest BCUT2D eigenvalue weighted by atomic mass is 10.0. The number of carbonyl (C=O) groups excluding carboxylic acids is 2. The molecule has 1 aromatic carbocycles. The fraction of sp³-hybridized carbons (Fsp3) is 0.235. The number of nitrogens with zero attached hydrogens (tertiary/aromatic N) is 2. The Bertz CT molecular complexity index is 757. The molecule has 1 amide bonds. The normalized spacial score (nSPS) is 10.9. The molecule has 0 fully saturated rings. The predicted octanol–water partition coefficient (Wildman–Crippen LogP) is 2.89. The lowest BCUT2D eigenvalue weighted by molar-refractivity contribution is -0.111. The van der Waals surface area contributed by atoms with E-state index in [0.717, 1.165) is 16.8 Å². The van der Waals surface area contributed by atoms with Crippen LogP contribution in [-0.4, -0.2) is 21.5 Å². The monoisotopic (exact) mass is 297 g/mol. The Hall–Kier alpha value is -2.69. The van der Waals surface area contributed by atoms with Crippen LogP contribution in [0, 0.1) is 13.8 Å². The number of hydrogen-bond acceptors (Lipinski definition) is 3. The van der Waals surface area contributed by atoms with E-state index < -0.39 is 0 Å². The van der Waals surface area contributed by atoms with Crippen molar-refractivity contribution in [2.45, 2.75) is 20.8 Å². The van der Waals surface area contributed by atoms with Crippen LogP contribution in [0.5, 0.6) is 0 Å². The summed E-state index contributed by atoms with van der Waals surface area (Å²) in [6.07, 6.45) is 4.85. The third-order valence-corrected chi connectivity index (χ3v) is 3.57. The van der Waals surface area contributed by atoms with E-state index in [-0.39, 0.29) is 11.7 Å². The molecule has 0 bridgehead atoms. The number of amides is 1. The van der Waals surface area contributed by atoms with Crippen LogP contribution >= 0.6 is 0 Å². The molecule has 22 heavy (non-hydrogen) atoms. The van der Waals surface area contributed by atoms with Crippen LogP contribution in [0.2, 0.25) is 0 Å². The predicted molar refractivity (Wildman–Crippen MR) is 86.8 cm³/mol. The summed E-state index contributed by atoms with van der Waals surface area (Å²) in [4.78, 5) is 23.8. The number of hydrogen-bond donors (Lipinski definition) is 1. The van der Waals surface area contributed by atoms with Gasteiger partial charge in [0.2, 0.25) is 5.91 Å². The first-order valence-corrected chi connectivity index (χ1v) is 6.98. The minimum atomic E-state index is -0.281. The van der Waals surface area contributed by atoms with Gasteiger partial charge in [-0.05, 0) is 38.5 Å². The van der Waals surface area contributed by atoms with E-state index >= 15 is 0 Å². The van der Waals surface area contributed by atoms with Crippen molar-refractivity contribution in [3.8, 4) is 0 Å². The van der Waals surface area contributed by atoms with Gasteiger partial charge in [-0.2, -0.15) is 5.10 Å². The molecule has 0 aliphatic carbocycles. The number of anilines is 1. The summed E-state index contributed by atoms with van der Waals surface area (Å²) >= 11 is 0. The molecule has 0 saturated carbocycles. The molecule has 2 rings (SSSR count). The van der Waals surface area contributed by atoms with Crippen LogP contribution < -0.4 is 5.32 Å². The number of aryl methyl sites for hydroxylation is 2. The van der Waals surface area contributed by atoms with E-state index in [9.17, 15) is 9.59 Å². The van der Waals surface area contributed by atoms with Gasteiger partial charge in [0.05, 0.1) is 11.9 Å². The Morgan fingerprint density at radius 2 is 2.00 bits per heavy atom. The number of Topliss-reactive ketones (excluding diaryl/α,β-unsaturated/α-hetero) is 1. The van der Waals surface area contributed by atoms with E-state index in [1.54, 1.807) is 23.0 Å². The fourth-order valence-corrected chi connectivity index (χ4v) is 2.26. The maximum atomic E-state index is 12.1. The number of carbonyl (C=O) groups is 2. The van der Waals surface area contributed by atoms with Crippen molar-refractivity contribution in [3.63, 3.8) is 0 Å². The van der Waals surface area contributed by atoms with Crippen molar-refractivity contribution in [1.29, 1.82) is 0 Å². The maximum absolute atomic E-state index is 12.1. The molecule has 0 saturated heterocycles. The minimum absolute atomic E-state index is 0.0690. The van der Waals surface area contributed by atoms with Gasteiger partial charge in [0.1, 0.15) is 0 Å². The highest BCUT2D eigenvalue weighted by molar-refractivity contribution is 6.08. The van der Waals surface area contributed by atoms with Crippen molar-refractivity contribution in [1.82, 2.24) is 9.78 Å². The zero-order chi connectivity index (χ0) is 16.3. The van der Waals surface area contributed by atoms with Crippen molar-refractivity contribution in [2.24, 2.45) is 7.05 Å². The van der Waals surface area contributed by atoms with Gasteiger partial charge in [0, 0.05) is 29.9 Å². The van der Waals surface area contributed by atoms with Gasteiger partial charge in [-0.3, -0.25) is 14.3 Å². The Morgan fingerprint density at radius 3 is 2.59 bits per heavy atom. The van der Waals surface area contributed by atoms with Crippen LogP contribution in [0.15, 0.2) is 30.5 Å². The molecule has 1 N–H and O–H groups in total. The summed E-state index contributed by atoms with van der Waals surface area (Å²) < 4.78 is 1.74. The van der Waals surface area contributed by atoms with Crippen LogP contribution in [0.3, 0.4) is 0 Å². The summed E-state index contributed by atoms with van der Waals surface area (Å²) in [5, 5.41) is 6.87. The van der Waals surface area contributed by atoms with E-state index in [2.05, 4.69) is 10.4 Å². The molecule has 1 heterocycles. The standard InChI is InChI=1S/C17H19N3O2/c1-11-6-5-7-15(17(11)13(3)21)19-16(22)9-8-14-10-18-20(4)12(14)2/h5-10H,1-4H3,(H,19,22). The Labute approximate surface area is 129 Å². The third-order valence-electron chi connectivity index (χ3n) is 3.57. The Morgan fingerprint density at radius 1 is 1.27 bits per heavy atom. The summed E-state index contributed by atoms with van der Waals surface area (Å²) in [6.45, 7) is 5.27. The highest BCUT2D eigenvalue weighted by Gasteiger charge is 2.11. The highest BCUT2D eigenvalue weighted by Crippen LogP contribution is 2.20. The van der Waals surface area contributed by atoms with Crippen LogP contribution in [0.4, 0.5) is 5.69 Å². The van der Waals surface area contributed by atoms with Gasteiger partial charge in [-0.1, -0.05) is 12.1 Å². The molecule has 0 unspecified atom stereocenters. The van der Waals surface area contributed by atoms with Gasteiger partial charge >= 0.3 is 0 Å². The molecule has 5 heteroatoms. The van der Waals surface area contributed by atoms with Crippen molar-refractivity contribution >= 4 is 23.5 Å². The van der Waals surface area contributed by atoms with Gasteiger partial charge in [0.15, 0.2) is 5.78 Å². The van der Waals surface area contributed by atoms with Crippen LogP contribution in [-0.2, 0) is 11.8 Å². The number of rotatable bonds is 4. The third kappa shape index (κ3) is 3.31. The largest absolute Gasteiger partial charge is 0.322 e. The fourth-order valence-electron chi connectivity index (χ4n) is 2.26. The lowest BCUT2D eigenvalue weighted by Gasteiger charge is -2.10. The smallest absolute Gasteiger partial charge is 0.248 e. The summed E-state index contributed by atoms with van der Waals surface area (Å²) in [7, 11) is 1.85. The molecular formula is C17H19N3O2. The molecule has 0 spiro atoms. The lowest BCUT2D eigenvalue weighted by Crippen LogP contribution is -2.12. The first-order valence-electron chi connectivity index (χ1n) is 6.98. The second-order valence-electron chi connectivity index (χ2n) is 5.19. The average molecular weight is 297 g/mol. The van der Waals surface area contributed by atoms with Crippen molar-refractivity contribution in [3.05, 3.63) is 52.9 Å². The van der Waals surface area contributed by atoms with Gasteiger partial charge in [-0.25, -0.2) is 0 Å². The molecule has 0 aliphatic rings. The number of nitrogens with one attached hydrogen (secondary N) is 1. The Balaban J connectivity index is 2.18. The molecule has 0 atom stereocenters. The van der Waals surface area contributed by atoms with Crippen molar-refractivity contribution in [2.75, 3.05) is 5.32 Å². The summed E-state index contributed by atoms with van der Waals surface area (Å²) in [5.41, 5.74) is 3.78. The Kier molecular flexibility index (Phi) is 4.56. The molecule has 114 valence electrons. The molecule has 0 radical (unpaired) electrons. The number of benzene rings is 1. The van der Waals surface area contributed by atoms with Gasteiger partial charge < -0.3 is 5.32 Å². The summed E-state index contributed by atoms with van der Waals surface area (Å²) in [5.74, 6) is -0.350. The molecular weight excluding hydrogens is 278 g/mol. The average Bonchev–Trinajstić information content (AvgIpc) is 2.76. The first-order chi connectivity index (χ1) is 10.4. The van der Waals surface area contributed by atoms with Crippen molar-refractivity contribution < 1.29 is 9.59 Å². The van der Waals surface area contributed by atoms with E-state index in [1.165, 1.54) is 13.0 Å². The second kappa shape index (κ2) is 6.39. The van der Waals surface area contributed by atoms with Crippen LogP contribution in [0.1, 0.15) is 34.1 Å².